The van der Waals surface area contributed by atoms with E-state index in [1.165, 1.54) is 5.56 Å². The van der Waals surface area contributed by atoms with E-state index >= 15 is 0 Å². The first-order valence-electron chi connectivity index (χ1n) is 7.42. The molecule has 0 saturated carbocycles. The van der Waals surface area contributed by atoms with Crippen LogP contribution in [0.4, 0.5) is 4.79 Å². The van der Waals surface area contributed by atoms with Crippen LogP contribution in [0.15, 0.2) is 53.1 Å². The minimum Gasteiger partial charge on any atom is -0.468 e. The van der Waals surface area contributed by atoms with Gasteiger partial charge in [-0.3, -0.25) is 4.90 Å². The number of nitrogens with zero attached hydrogens (tertiary/aromatic N) is 1. The number of furan rings is 1. The fraction of sp³-hybridized carbons (Fsp3) is 0.353. The summed E-state index contributed by atoms with van der Waals surface area (Å²) in [5, 5.41) is 5.76. The van der Waals surface area contributed by atoms with Crippen LogP contribution < -0.4 is 10.6 Å². The molecule has 1 unspecified atom stereocenters. The van der Waals surface area contributed by atoms with Crippen molar-refractivity contribution in [3.05, 3.63) is 60.1 Å². The van der Waals surface area contributed by atoms with Crippen LogP contribution in [-0.2, 0) is 6.42 Å². The van der Waals surface area contributed by atoms with Crippen LogP contribution in [0.25, 0.3) is 0 Å². The van der Waals surface area contributed by atoms with Crippen molar-refractivity contribution in [3.8, 4) is 0 Å². The molecule has 0 saturated heterocycles. The molecule has 1 heterocycles. The monoisotopic (exact) mass is 301 g/mol. The highest BCUT2D eigenvalue weighted by Crippen LogP contribution is 2.17. The summed E-state index contributed by atoms with van der Waals surface area (Å²) in [6, 6.07) is 13.7. The Morgan fingerprint density at radius 3 is 2.55 bits per heavy atom. The number of nitrogens with one attached hydrogen (secondary N) is 2. The first kappa shape index (κ1) is 16.1. The minimum atomic E-state index is -0.158. The van der Waals surface area contributed by atoms with Gasteiger partial charge in [0, 0.05) is 13.1 Å². The number of hydrogen-bond donors (Lipinski definition) is 2. The predicted octanol–water partition coefficient (Wildman–Crippen LogP) is 2.42. The summed E-state index contributed by atoms with van der Waals surface area (Å²) in [4.78, 5) is 13.9. The summed E-state index contributed by atoms with van der Waals surface area (Å²) in [6.45, 7) is 1.11. The summed E-state index contributed by atoms with van der Waals surface area (Å²) in [5.74, 6) is 0.842. The molecule has 0 aliphatic rings. The Morgan fingerprint density at radius 2 is 1.91 bits per heavy atom. The molecule has 0 fully saturated rings. The predicted molar refractivity (Wildman–Crippen MR) is 86.7 cm³/mol. The fourth-order valence-electron chi connectivity index (χ4n) is 2.24. The number of amides is 2. The van der Waals surface area contributed by atoms with E-state index < -0.39 is 0 Å². The molecule has 118 valence electrons. The van der Waals surface area contributed by atoms with E-state index in [4.69, 9.17) is 4.42 Å². The summed E-state index contributed by atoms with van der Waals surface area (Å²) < 4.78 is 5.41. The van der Waals surface area contributed by atoms with Crippen molar-refractivity contribution in [2.45, 2.75) is 12.5 Å². The lowest BCUT2D eigenvalue weighted by atomic mass is 10.1. The Morgan fingerprint density at radius 1 is 1.14 bits per heavy atom. The average Bonchev–Trinajstić information content (AvgIpc) is 3.02. The van der Waals surface area contributed by atoms with E-state index in [0.717, 1.165) is 12.2 Å². The van der Waals surface area contributed by atoms with Gasteiger partial charge in [0.15, 0.2) is 0 Å². The third-order valence-corrected chi connectivity index (χ3v) is 3.49. The quantitative estimate of drug-likeness (QED) is 0.826. The number of carbonyl (C=O) groups is 1. The molecule has 5 nitrogen and oxygen atoms in total. The van der Waals surface area contributed by atoms with Crippen LogP contribution in [0.5, 0.6) is 0 Å². The fourth-order valence-corrected chi connectivity index (χ4v) is 2.24. The van der Waals surface area contributed by atoms with Crippen LogP contribution in [0.2, 0.25) is 0 Å². The van der Waals surface area contributed by atoms with Gasteiger partial charge in [0.2, 0.25) is 0 Å². The van der Waals surface area contributed by atoms with E-state index in [-0.39, 0.29) is 12.1 Å². The number of rotatable bonds is 7. The van der Waals surface area contributed by atoms with Crippen LogP contribution in [0.3, 0.4) is 0 Å². The van der Waals surface area contributed by atoms with Crippen molar-refractivity contribution in [2.24, 2.45) is 0 Å². The molecule has 1 aromatic carbocycles. The maximum absolute atomic E-state index is 11.9. The Balaban J connectivity index is 1.72. The molecule has 1 atom stereocenters. The molecule has 0 radical (unpaired) electrons. The molecule has 0 aliphatic carbocycles. The van der Waals surface area contributed by atoms with Gasteiger partial charge in [0.25, 0.3) is 0 Å². The molecule has 0 spiro atoms. The van der Waals surface area contributed by atoms with Crippen molar-refractivity contribution in [2.75, 3.05) is 27.2 Å². The van der Waals surface area contributed by atoms with Crippen molar-refractivity contribution < 1.29 is 9.21 Å². The maximum atomic E-state index is 11.9. The Labute approximate surface area is 131 Å². The van der Waals surface area contributed by atoms with E-state index in [1.54, 1.807) is 6.26 Å². The number of urea groups is 1. The highest BCUT2D eigenvalue weighted by molar-refractivity contribution is 5.73. The van der Waals surface area contributed by atoms with Crippen molar-refractivity contribution in [1.82, 2.24) is 15.5 Å². The number of likely N-dealkylation sites (N-methyl/N-ethyl adjacent to an activating group) is 1. The Kier molecular flexibility index (Phi) is 6.03. The zero-order valence-electron chi connectivity index (χ0n) is 13.1. The SMILES string of the molecule is CN(C)C(CNC(=O)NCCc1ccccc1)c1ccco1. The van der Waals surface area contributed by atoms with E-state index in [9.17, 15) is 4.79 Å². The highest BCUT2D eigenvalue weighted by atomic mass is 16.3. The molecule has 1 aromatic heterocycles. The lowest BCUT2D eigenvalue weighted by molar-refractivity contribution is 0.225. The summed E-state index contributed by atoms with van der Waals surface area (Å²) in [5.41, 5.74) is 1.21. The van der Waals surface area contributed by atoms with E-state index in [0.29, 0.717) is 13.1 Å². The van der Waals surface area contributed by atoms with Crippen molar-refractivity contribution in [3.63, 3.8) is 0 Å². The van der Waals surface area contributed by atoms with Crippen LogP contribution in [0.1, 0.15) is 17.4 Å². The molecular weight excluding hydrogens is 278 g/mol. The van der Waals surface area contributed by atoms with E-state index in [2.05, 4.69) is 22.8 Å². The van der Waals surface area contributed by atoms with Gasteiger partial charge >= 0.3 is 6.03 Å². The molecule has 0 bridgehead atoms. The normalized spacial score (nSPS) is 12.1. The largest absolute Gasteiger partial charge is 0.468 e. The third kappa shape index (κ3) is 4.93. The molecule has 22 heavy (non-hydrogen) atoms. The van der Waals surface area contributed by atoms with Gasteiger partial charge < -0.3 is 15.1 Å². The smallest absolute Gasteiger partial charge is 0.314 e. The second-order valence-corrected chi connectivity index (χ2v) is 5.37. The molecule has 2 amide bonds. The maximum Gasteiger partial charge on any atom is 0.314 e. The minimum absolute atomic E-state index is 0.0230. The number of carbonyl (C=O) groups excluding carboxylic acids is 1. The first-order valence-corrected chi connectivity index (χ1v) is 7.42. The zero-order valence-corrected chi connectivity index (χ0v) is 13.1. The molecule has 2 N–H and O–H groups in total. The average molecular weight is 301 g/mol. The molecule has 2 aromatic rings. The second kappa shape index (κ2) is 8.24. The number of benzene rings is 1. The van der Waals surface area contributed by atoms with Gasteiger partial charge in [0.05, 0.1) is 12.3 Å². The number of hydrogen-bond acceptors (Lipinski definition) is 3. The topological polar surface area (TPSA) is 57.5 Å². The highest BCUT2D eigenvalue weighted by Gasteiger charge is 2.17. The molecular formula is C17H23N3O2. The third-order valence-electron chi connectivity index (χ3n) is 3.49. The van der Waals surface area contributed by atoms with Gasteiger partial charge in [-0.1, -0.05) is 30.3 Å². The molecule has 2 rings (SSSR count). The van der Waals surface area contributed by atoms with Crippen LogP contribution in [-0.4, -0.2) is 38.1 Å². The summed E-state index contributed by atoms with van der Waals surface area (Å²) >= 11 is 0. The van der Waals surface area contributed by atoms with Gasteiger partial charge in [-0.05, 0) is 38.2 Å². The van der Waals surface area contributed by atoms with Gasteiger partial charge in [-0.15, -0.1) is 0 Å². The van der Waals surface area contributed by atoms with Gasteiger partial charge in [-0.25, -0.2) is 4.79 Å². The molecule has 0 aliphatic heterocycles. The lowest BCUT2D eigenvalue weighted by Crippen LogP contribution is -2.41. The second-order valence-electron chi connectivity index (χ2n) is 5.37. The lowest BCUT2D eigenvalue weighted by Gasteiger charge is -2.22. The van der Waals surface area contributed by atoms with Crippen molar-refractivity contribution in [1.29, 1.82) is 0 Å². The van der Waals surface area contributed by atoms with Crippen LogP contribution >= 0.6 is 0 Å². The van der Waals surface area contributed by atoms with E-state index in [1.807, 2.05) is 49.3 Å². The standard InChI is InChI=1S/C17H23N3O2/c1-20(2)15(16-9-6-12-22-16)13-19-17(21)18-11-10-14-7-4-3-5-8-14/h3-9,12,15H,10-11,13H2,1-2H3,(H2,18,19,21). The first-order chi connectivity index (χ1) is 10.7. The summed E-state index contributed by atoms with van der Waals surface area (Å²) in [6.07, 6.45) is 2.47. The van der Waals surface area contributed by atoms with Crippen LogP contribution in [0, 0.1) is 0 Å². The molecule has 5 heteroatoms. The Bertz CT molecular complexity index is 553. The zero-order chi connectivity index (χ0) is 15.8. The van der Waals surface area contributed by atoms with Gasteiger partial charge in [0.1, 0.15) is 5.76 Å². The summed E-state index contributed by atoms with van der Waals surface area (Å²) in [7, 11) is 3.92. The Hall–Kier alpha value is -2.27. The van der Waals surface area contributed by atoms with Gasteiger partial charge in [-0.2, -0.15) is 0 Å². The van der Waals surface area contributed by atoms with Crippen molar-refractivity contribution >= 4 is 6.03 Å².